The average Bonchev–Trinajstić information content (AvgIpc) is 2.90. The van der Waals surface area contributed by atoms with Crippen LogP contribution >= 0.6 is 11.6 Å². The molecule has 2 fully saturated rings. The molecule has 0 spiro atoms. The minimum atomic E-state index is -1.56. The average molecular weight is 537 g/mol. The summed E-state index contributed by atoms with van der Waals surface area (Å²) in [4.78, 5) is 17.4. The molecule has 3 heterocycles. The van der Waals surface area contributed by atoms with Crippen LogP contribution in [0.2, 0.25) is 5.02 Å². The molecule has 3 aliphatic rings. The predicted octanol–water partition coefficient (Wildman–Crippen LogP) is 0.775. The summed E-state index contributed by atoms with van der Waals surface area (Å²) >= 11 is 5.99. The van der Waals surface area contributed by atoms with Gasteiger partial charge in [0.2, 0.25) is 5.75 Å². The zero-order chi connectivity index (χ0) is 26.4. The van der Waals surface area contributed by atoms with E-state index in [1.807, 2.05) is 24.3 Å². The number of aromatic hydroxyl groups is 2. The fraction of sp³-hybridized carbons (Fsp3) is 0.480. The number of anilines is 1. The Morgan fingerprint density at radius 1 is 1.05 bits per heavy atom. The van der Waals surface area contributed by atoms with Crippen LogP contribution in [-0.4, -0.2) is 101 Å². The van der Waals surface area contributed by atoms with Crippen molar-refractivity contribution in [2.45, 2.75) is 37.1 Å². The second kappa shape index (κ2) is 10.2. The molecule has 5 atom stereocenters. The number of benzene rings is 2. The third-order valence-electron chi connectivity index (χ3n) is 7.29. The van der Waals surface area contributed by atoms with Gasteiger partial charge in [0.05, 0.1) is 19.3 Å². The quantitative estimate of drug-likeness (QED) is 0.344. The number of hydrogen-bond donors (Lipinski definition) is 5. The zero-order valence-electron chi connectivity index (χ0n) is 20.1. The SMILES string of the molecule is COc1c(O)c(CN2CCN(c3ccc(Cl)cc3)CC2)c2c(c1O)[C@@H]1O[C@H](CO)[C@@H](O)[C@H](O)[C@@H]1OC2=O. The van der Waals surface area contributed by atoms with Gasteiger partial charge >= 0.3 is 5.97 Å². The van der Waals surface area contributed by atoms with E-state index >= 15 is 0 Å². The minimum absolute atomic E-state index is 0.0184. The second-order valence-corrected chi connectivity index (χ2v) is 9.80. The molecule has 0 unspecified atom stereocenters. The molecular weight excluding hydrogens is 508 g/mol. The fourth-order valence-corrected chi connectivity index (χ4v) is 5.43. The Hall–Kier alpha value is -2.80. The predicted molar refractivity (Wildman–Crippen MR) is 131 cm³/mol. The number of hydrogen-bond acceptors (Lipinski definition) is 11. The Bertz CT molecular complexity index is 1170. The van der Waals surface area contributed by atoms with Gasteiger partial charge in [-0.1, -0.05) is 11.6 Å². The highest BCUT2D eigenvalue weighted by Crippen LogP contribution is 2.52. The number of fused-ring (bicyclic) bond motifs is 3. The zero-order valence-corrected chi connectivity index (χ0v) is 20.8. The van der Waals surface area contributed by atoms with Crippen molar-refractivity contribution < 1.29 is 44.5 Å². The molecule has 12 heteroatoms. The van der Waals surface area contributed by atoms with Gasteiger partial charge < -0.3 is 44.6 Å². The van der Waals surface area contributed by atoms with Crippen molar-refractivity contribution >= 4 is 23.3 Å². The normalized spacial score (nSPS) is 27.9. The third-order valence-corrected chi connectivity index (χ3v) is 7.54. The molecule has 0 radical (unpaired) electrons. The van der Waals surface area contributed by atoms with Crippen molar-refractivity contribution in [3.8, 4) is 17.2 Å². The smallest absolute Gasteiger partial charge is 0.339 e. The van der Waals surface area contributed by atoms with Gasteiger partial charge in [-0.05, 0) is 24.3 Å². The summed E-state index contributed by atoms with van der Waals surface area (Å²) < 4.78 is 16.5. The number of piperazine rings is 1. The summed E-state index contributed by atoms with van der Waals surface area (Å²) in [5, 5.41) is 53.1. The van der Waals surface area contributed by atoms with Gasteiger partial charge in [-0.2, -0.15) is 0 Å². The molecule has 0 aromatic heterocycles. The molecular formula is C25H29ClN2O9. The Morgan fingerprint density at radius 2 is 1.73 bits per heavy atom. The summed E-state index contributed by atoms with van der Waals surface area (Å²) in [6.45, 7) is 2.18. The van der Waals surface area contributed by atoms with Crippen LogP contribution in [0.1, 0.15) is 27.6 Å². The number of halogens is 1. The van der Waals surface area contributed by atoms with Crippen LogP contribution in [0.5, 0.6) is 17.2 Å². The molecule has 0 amide bonds. The third kappa shape index (κ3) is 4.45. The minimum Gasteiger partial charge on any atom is -0.504 e. The molecule has 11 nitrogen and oxygen atoms in total. The van der Waals surface area contributed by atoms with Crippen molar-refractivity contribution in [3.63, 3.8) is 0 Å². The van der Waals surface area contributed by atoms with E-state index in [0.29, 0.717) is 31.2 Å². The topological polar surface area (TPSA) is 152 Å². The molecule has 2 aromatic carbocycles. The van der Waals surface area contributed by atoms with Gasteiger partial charge in [-0.3, -0.25) is 4.90 Å². The lowest BCUT2D eigenvalue weighted by molar-refractivity contribution is -0.235. The maximum atomic E-state index is 13.2. The van der Waals surface area contributed by atoms with Crippen LogP contribution in [0.15, 0.2) is 24.3 Å². The number of aliphatic hydroxyl groups excluding tert-OH is 3. The first-order valence-electron chi connectivity index (χ1n) is 12.0. The second-order valence-electron chi connectivity index (χ2n) is 9.37. The largest absolute Gasteiger partial charge is 0.504 e. The monoisotopic (exact) mass is 536 g/mol. The van der Waals surface area contributed by atoms with Crippen LogP contribution in [-0.2, 0) is 16.0 Å². The number of carbonyl (C=O) groups excluding carboxylic acids is 1. The maximum Gasteiger partial charge on any atom is 0.339 e. The first-order chi connectivity index (χ1) is 17.7. The highest BCUT2D eigenvalue weighted by molar-refractivity contribution is 6.30. The molecule has 5 N–H and O–H groups in total. The lowest BCUT2D eigenvalue weighted by Gasteiger charge is -2.45. The summed E-state index contributed by atoms with van der Waals surface area (Å²) in [5.74, 6) is -2.05. The van der Waals surface area contributed by atoms with Gasteiger partial charge in [-0.15, -0.1) is 0 Å². The number of esters is 1. The number of phenolic OH excluding ortho intramolecular Hbond substituents is 2. The van der Waals surface area contributed by atoms with Gasteiger partial charge in [0, 0.05) is 54.6 Å². The lowest BCUT2D eigenvalue weighted by atomic mass is 9.84. The molecule has 5 rings (SSSR count). The molecule has 3 aliphatic heterocycles. The van der Waals surface area contributed by atoms with E-state index in [-0.39, 0.29) is 29.0 Å². The van der Waals surface area contributed by atoms with Gasteiger partial charge in [-0.25, -0.2) is 4.79 Å². The maximum absolute atomic E-state index is 13.2. The fourth-order valence-electron chi connectivity index (χ4n) is 5.30. The van der Waals surface area contributed by atoms with Crippen molar-refractivity contribution in [2.24, 2.45) is 0 Å². The van der Waals surface area contributed by atoms with Crippen LogP contribution in [0.25, 0.3) is 0 Å². The molecule has 37 heavy (non-hydrogen) atoms. The molecule has 2 aromatic rings. The first kappa shape index (κ1) is 25.8. The Kier molecular flexibility index (Phi) is 7.10. The number of methoxy groups -OCH3 is 1. The van der Waals surface area contributed by atoms with Crippen molar-refractivity contribution in [1.29, 1.82) is 0 Å². The van der Waals surface area contributed by atoms with E-state index in [0.717, 1.165) is 5.69 Å². The van der Waals surface area contributed by atoms with E-state index < -0.39 is 54.6 Å². The lowest BCUT2D eigenvalue weighted by Crippen LogP contribution is -2.58. The molecule has 2 saturated heterocycles. The standard InChI is InChI=1S/C25H29ClN2O9/c1-35-23-18(30)14(10-27-6-8-28(9-7-27)13-4-2-12(26)3-5-13)16-17(20(23)32)22-24(37-25(16)34)21(33)19(31)15(11-29)36-22/h2-5,15,19,21-22,24,29-33H,6-11H2,1H3/t15-,19-,21+,22+,24+/m1/s1. The summed E-state index contributed by atoms with van der Waals surface area (Å²) in [6.07, 6.45) is -6.76. The summed E-state index contributed by atoms with van der Waals surface area (Å²) in [7, 11) is 1.27. The van der Waals surface area contributed by atoms with Crippen LogP contribution in [0.4, 0.5) is 5.69 Å². The van der Waals surface area contributed by atoms with Crippen LogP contribution in [0, 0.1) is 0 Å². The van der Waals surface area contributed by atoms with Gasteiger partial charge in [0.15, 0.2) is 17.6 Å². The number of nitrogens with zero attached hydrogens (tertiary/aromatic N) is 2. The van der Waals surface area contributed by atoms with E-state index in [9.17, 15) is 30.3 Å². The summed E-state index contributed by atoms with van der Waals surface area (Å²) in [5.41, 5.74) is 1.13. The Labute approximate surface area is 218 Å². The van der Waals surface area contributed by atoms with E-state index in [4.69, 9.17) is 25.8 Å². The molecule has 0 bridgehead atoms. The van der Waals surface area contributed by atoms with Gasteiger partial charge in [0.25, 0.3) is 0 Å². The Morgan fingerprint density at radius 3 is 2.35 bits per heavy atom. The highest BCUT2D eigenvalue weighted by atomic mass is 35.5. The number of aliphatic hydroxyl groups is 3. The number of rotatable bonds is 5. The Balaban J connectivity index is 1.46. The van der Waals surface area contributed by atoms with Crippen molar-refractivity contribution in [3.05, 3.63) is 46.0 Å². The van der Waals surface area contributed by atoms with E-state index in [1.165, 1.54) is 7.11 Å². The van der Waals surface area contributed by atoms with Crippen LogP contribution < -0.4 is 9.64 Å². The number of carbonyl (C=O) groups is 1. The molecule has 0 aliphatic carbocycles. The molecule has 200 valence electrons. The van der Waals surface area contributed by atoms with E-state index in [1.54, 1.807) is 0 Å². The van der Waals surface area contributed by atoms with Crippen LogP contribution in [0.3, 0.4) is 0 Å². The molecule has 0 saturated carbocycles. The first-order valence-corrected chi connectivity index (χ1v) is 12.3. The highest BCUT2D eigenvalue weighted by Gasteiger charge is 2.53. The van der Waals surface area contributed by atoms with Crippen molar-refractivity contribution in [1.82, 2.24) is 4.90 Å². The van der Waals surface area contributed by atoms with Gasteiger partial charge in [0.1, 0.15) is 24.4 Å². The number of phenols is 2. The van der Waals surface area contributed by atoms with Crippen molar-refractivity contribution in [2.75, 3.05) is 44.8 Å². The number of ether oxygens (including phenoxy) is 3. The summed E-state index contributed by atoms with van der Waals surface area (Å²) in [6, 6.07) is 7.57. The van der Waals surface area contributed by atoms with E-state index in [2.05, 4.69) is 9.80 Å².